The Morgan fingerprint density at radius 3 is 2.36 bits per heavy atom. The molecule has 142 valence electrons. The summed E-state index contributed by atoms with van der Waals surface area (Å²) in [6.45, 7) is 3.88. The Morgan fingerprint density at radius 2 is 1.79 bits per heavy atom. The van der Waals surface area contributed by atoms with Crippen molar-refractivity contribution < 1.29 is 8.42 Å². The summed E-state index contributed by atoms with van der Waals surface area (Å²) >= 11 is 6.23. The highest BCUT2D eigenvalue weighted by Gasteiger charge is 2.13. The molecule has 0 amide bonds. The zero-order chi connectivity index (χ0) is 20.5. The number of nitrogens with two attached hydrogens (primary N) is 1. The van der Waals surface area contributed by atoms with Crippen LogP contribution in [0.5, 0.6) is 0 Å². The lowest BCUT2D eigenvalue weighted by molar-refractivity contribution is 0.598. The van der Waals surface area contributed by atoms with Gasteiger partial charge in [-0.25, -0.2) is 13.6 Å². The predicted octanol–water partition coefficient (Wildman–Crippen LogP) is 4.46. The molecule has 2 N–H and O–H groups in total. The van der Waals surface area contributed by atoms with E-state index in [2.05, 4.69) is 6.07 Å². The van der Waals surface area contributed by atoms with Crippen LogP contribution in [-0.2, 0) is 10.0 Å². The zero-order valence-electron chi connectivity index (χ0n) is 15.3. The maximum absolute atomic E-state index is 11.5. The third-order valence-corrected chi connectivity index (χ3v) is 5.74. The molecule has 3 aromatic rings. The Bertz CT molecular complexity index is 1220. The van der Waals surface area contributed by atoms with Crippen LogP contribution in [-0.4, -0.2) is 13.0 Å². The first-order valence-electron chi connectivity index (χ1n) is 8.41. The van der Waals surface area contributed by atoms with Gasteiger partial charge in [-0.2, -0.15) is 5.26 Å². The first kappa shape index (κ1) is 19.9. The fourth-order valence-electron chi connectivity index (χ4n) is 3.12. The lowest BCUT2D eigenvalue weighted by Gasteiger charge is -2.10. The lowest BCUT2D eigenvalue weighted by Crippen LogP contribution is -2.12. The van der Waals surface area contributed by atoms with Crippen LogP contribution in [0, 0.1) is 25.2 Å². The number of nitrogens with zero attached hydrogens (tertiary/aromatic N) is 2. The van der Waals surface area contributed by atoms with Crippen LogP contribution in [0.3, 0.4) is 0 Å². The van der Waals surface area contributed by atoms with Gasteiger partial charge >= 0.3 is 0 Å². The van der Waals surface area contributed by atoms with Crippen LogP contribution < -0.4 is 5.14 Å². The van der Waals surface area contributed by atoms with Gasteiger partial charge in [-0.05, 0) is 61.9 Å². The number of nitriles is 1. The van der Waals surface area contributed by atoms with Gasteiger partial charge in [-0.1, -0.05) is 29.8 Å². The van der Waals surface area contributed by atoms with Crippen molar-refractivity contribution in [3.8, 4) is 11.8 Å². The monoisotopic (exact) mass is 411 g/mol. The molecular weight excluding hydrogens is 394 g/mol. The number of halogens is 1. The summed E-state index contributed by atoms with van der Waals surface area (Å²) in [6.07, 6.45) is 1.80. The Morgan fingerprint density at radius 1 is 1.14 bits per heavy atom. The summed E-state index contributed by atoms with van der Waals surface area (Å²) in [6, 6.07) is 17.7. The van der Waals surface area contributed by atoms with Gasteiger partial charge in [0.25, 0.3) is 0 Å². The quantitative estimate of drug-likeness (QED) is 0.642. The topological polar surface area (TPSA) is 88.9 Å². The van der Waals surface area contributed by atoms with Crippen LogP contribution in [0.15, 0.2) is 59.5 Å². The number of sulfonamides is 1. The summed E-state index contributed by atoms with van der Waals surface area (Å²) in [5, 5.41) is 15.3. The number of aromatic nitrogens is 1. The second-order valence-corrected chi connectivity index (χ2v) is 8.32. The van der Waals surface area contributed by atoms with E-state index in [0.717, 1.165) is 22.6 Å². The molecule has 0 saturated carbocycles. The molecular formula is C21H18ClN3O2S. The second-order valence-electron chi connectivity index (χ2n) is 6.35. The molecule has 1 aromatic heterocycles. The van der Waals surface area contributed by atoms with Gasteiger partial charge in [0.2, 0.25) is 10.0 Å². The molecule has 0 fully saturated rings. The fourth-order valence-corrected chi connectivity index (χ4v) is 3.87. The van der Waals surface area contributed by atoms with Crippen molar-refractivity contribution in [2.24, 2.45) is 5.14 Å². The molecule has 1 heterocycles. The van der Waals surface area contributed by atoms with Gasteiger partial charge in [0, 0.05) is 27.7 Å². The highest BCUT2D eigenvalue weighted by molar-refractivity contribution is 7.89. The maximum atomic E-state index is 11.5. The van der Waals surface area contributed by atoms with Crippen LogP contribution in [0.1, 0.15) is 22.5 Å². The number of hydrogen-bond donors (Lipinski definition) is 1. The fraction of sp³-hybridized carbons (Fsp3) is 0.0952. The Hall–Kier alpha value is -2.85. The molecule has 3 rings (SSSR count). The number of allylic oxidation sites excluding steroid dienone is 1. The lowest BCUT2D eigenvalue weighted by atomic mass is 10.0. The van der Waals surface area contributed by atoms with E-state index in [4.69, 9.17) is 16.7 Å². The normalized spacial score (nSPS) is 12.0. The van der Waals surface area contributed by atoms with Gasteiger partial charge < -0.3 is 4.57 Å². The van der Waals surface area contributed by atoms with Crippen LogP contribution in [0.4, 0.5) is 0 Å². The molecule has 0 atom stereocenters. The van der Waals surface area contributed by atoms with E-state index < -0.39 is 10.0 Å². The SMILES string of the molecule is Cc1cc(C=C(C#N)c2ccccc2Cl)c(C)n1-c1ccc(S(N)(=O)=O)cc1. The van der Waals surface area contributed by atoms with Crippen LogP contribution >= 0.6 is 11.6 Å². The number of primary sulfonamides is 1. The molecule has 5 nitrogen and oxygen atoms in total. The third kappa shape index (κ3) is 3.87. The summed E-state index contributed by atoms with van der Waals surface area (Å²) < 4.78 is 24.9. The van der Waals surface area contributed by atoms with Gasteiger partial charge in [0.15, 0.2) is 0 Å². The van der Waals surface area contributed by atoms with Gasteiger partial charge in [-0.15, -0.1) is 0 Å². The van der Waals surface area contributed by atoms with Crippen molar-refractivity contribution >= 4 is 33.3 Å². The Balaban J connectivity index is 2.08. The minimum absolute atomic E-state index is 0.0596. The van der Waals surface area contributed by atoms with Crippen LogP contribution in [0.25, 0.3) is 17.3 Å². The molecule has 0 bridgehead atoms. The molecule has 7 heteroatoms. The molecule has 0 spiro atoms. The van der Waals surface area contributed by atoms with Crippen molar-refractivity contribution in [3.63, 3.8) is 0 Å². The largest absolute Gasteiger partial charge is 0.318 e. The Kier molecular flexibility index (Phi) is 5.43. The molecule has 0 aliphatic heterocycles. The number of rotatable bonds is 4. The van der Waals surface area contributed by atoms with Gasteiger partial charge in [0.05, 0.1) is 16.5 Å². The van der Waals surface area contributed by atoms with Gasteiger partial charge in [0.1, 0.15) is 0 Å². The summed E-state index contributed by atoms with van der Waals surface area (Å²) in [7, 11) is -3.74. The zero-order valence-corrected chi connectivity index (χ0v) is 16.9. The Labute approximate surface area is 169 Å². The van der Waals surface area contributed by atoms with Gasteiger partial charge in [-0.3, -0.25) is 0 Å². The van der Waals surface area contributed by atoms with Crippen molar-refractivity contribution in [3.05, 3.63) is 82.1 Å². The molecule has 0 saturated heterocycles. The predicted molar refractivity (Wildman–Crippen MR) is 112 cm³/mol. The number of benzene rings is 2. The molecule has 0 aliphatic carbocycles. The van der Waals surface area contributed by atoms with E-state index >= 15 is 0 Å². The highest BCUT2D eigenvalue weighted by atomic mass is 35.5. The first-order chi connectivity index (χ1) is 13.2. The molecule has 0 radical (unpaired) electrons. The highest BCUT2D eigenvalue weighted by Crippen LogP contribution is 2.28. The number of hydrogen-bond acceptors (Lipinski definition) is 3. The summed E-state index contributed by atoms with van der Waals surface area (Å²) in [5.74, 6) is 0. The molecule has 0 aliphatic rings. The average molecular weight is 412 g/mol. The van der Waals surface area contributed by atoms with E-state index in [9.17, 15) is 13.7 Å². The van der Waals surface area contributed by atoms with Crippen molar-refractivity contribution in [2.75, 3.05) is 0 Å². The smallest absolute Gasteiger partial charge is 0.238 e. The van der Waals surface area contributed by atoms with E-state index in [1.165, 1.54) is 12.1 Å². The maximum Gasteiger partial charge on any atom is 0.238 e. The summed E-state index contributed by atoms with van der Waals surface area (Å²) in [4.78, 5) is 0.0596. The number of aryl methyl sites for hydroxylation is 1. The van der Waals surface area contributed by atoms with Crippen LogP contribution in [0.2, 0.25) is 5.02 Å². The molecule has 2 aromatic carbocycles. The second kappa shape index (κ2) is 7.64. The summed E-state index contributed by atoms with van der Waals surface area (Å²) in [5.41, 5.74) is 4.69. The van der Waals surface area contributed by atoms with E-state index in [1.807, 2.05) is 42.7 Å². The average Bonchev–Trinajstić information content (AvgIpc) is 2.93. The van der Waals surface area contributed by atoms with E-state index in [0.29, 0.717) is 16.2 Å². The minimum atomic E-state index is -3.74. The minimum Gasteiger partial charge on any atom is -0.318 e. The van der Waals surface area contributed by atoms with E-state index in [-0.39, 0.29) is 4.90 Å². The van der Waals surface area contributed by atoms with Crippen molar-refractivity contribution in [2.45, 2.75) is 18.7 Å². The first-order valence-corrected chi connectivity index (χ1v) is 10.3. The molecule has 0 unspecified atom stereocenters. The van der Waals surface area contributed by atoms with Crippen molar-refractivity contribution in [1.29, 1.82) is 5.26 Å². The standard InChI is InChI=1S/C21H18ClN3O2S/c1-14-11-16(12-17(13-23)20-5-3-4-6-21(20)22)15(2)25(14)18-7-9-19(10-8-18)28(24,26)27/h3-12H,1-2H3,(H2,24,26,27). The third-order valence-electron chi connectivity index (χ3n) is 4.48. The van der Waals surface area contributed by atoms with Crippen molar-refractivity contribution in [1.82, 2.24) is 4.57 Å². The van der Waals surface area contributed by atoms with E-state index in [1.54, 1.807) is 24.3 Å². The molecule has 28 heavy (non-hydrogen) atoms.